The zero-order valence-corrected chi connectivity index (χ0v) is 32.3. The molecule has 0 amide bonds. The van der Waals surface area contributed by atoms with Crippen LogP contribution in [0.3, 0.4) is 0 Å². The monoisotopic (exact) mass is 897 g/mol. The molecule has 0 fully saturated rings. The maximum Gasteiger partial charge on any atom is 2.00 e. The summed E-state index contributed by atoms with van der Waals surface area (Å²) in [5.41, 5.74) is 1.85. The Morgan fingerprint density at radius 1 is 0.361 bits per heavy atom. The molecule has 8 aromatic rings. The van der Waals surface area contributed by atoms with Gasteiger partial charge in [0.05, 0.1) is 23.9 Å². The molecule has 0 saturated heterocycles. The standard InChI is InChI=1S/2C13H9N.2C6H4N2O4.Co.8H2O/c2*1-3-7-12-10(5-1)9-11-6-2-4-8-13(11)14-12;2*9-5(10)3-4(6(11)12)8-2-1-7-3;;;;;;;;;/h2*1-9H;2*1-2H,(H,9,10)(H,11,12);;8*1H2/q;;;;+2;;;;;;;;. The minimum absolute atomic E-state index is 0. The van der Waals surface area contributed by atoms with Crippen molar-refractivity contribution in [2.75, 3.05) is 0 Å². The van der Waals surface area contributed by atoms with Crippen molar-refractivity contribution in [3.8, 4) is 0 Å². The smallest absolute Gasteiger partial charge is 0.543 e. The molecule has 20 N–H and O–H groups in total. The molecule has 327 valence electrons. The molecule has 4 aromatic carbocycles. The summed E-state index contributed by atoms with van der Waals surface area (Å²) in [5.74, 6) is -6.77. The number of aromatic nitrogens is 6. The Morgan fingerprint density at radius 3 is 0.721 bits per heavy atom. The summed E-state index contributed by atoms with van der Waals surface area (Å²) in [5, 5.41) is 45.9. The number of rotatable bonds is 4. The first kappa shape index (κ1) is 62.6. The fourth-order valence-electron chi connectivity index (χ4n) is 4.85. The molecule has 1 radical (unpaired) electrons. The van der Waals surface area contributed by atoms with Crippen molar-refractivity contribution in [2.24, 2.45) is 0 Å². The predicted molar refractivity (Wildman–Crippen MR) is 209 cm³/mol. The average Bonchev–Trinajstić information content (AvgIpc) is 3.17. The van der Waals surface area contributed by atoms with Crippen LogP contribution in [0.2, 0.25) is 0 Å². The topological polar surface area (TPSA) is 495 Å². The third-order valence-electron chi connectivity index (χ3n) is 7.17. The molecule has 0 atom stereocenters. The molecule has 61 heavy (non-hydrogen) atoms. The number of H-pyrrole nitrogens is 2. The van der Waals surface area contributed by atoms with Crippen molar-refractivity contribution < 1.29 is 110 Å². The first-order chi connectivity index (χ1) is 25.1. The fraction of sp³-hybridized carbons (Fsp3) is 0. The number of aromatic carboxylic acids is 4. The van der Waals surface area contributed by atoms with E-state index in [2.05, 4.69) is 115 Å². The van der Waals surface area contributed by atoms with Gasteiger partial charge in [0, 0.05) is 70.6 Å². The molecule has 0 saturated carbocycles. The van der Waals surface area contributed by atoms with Crippen molar-refractivity contribution in [1.82, 2.24) is 19.9 Å². The summed E-state index contributed by atoms with van der Waals surface area (Å²) < 4.78 is 0. The number of carboxylic acid groups (broad SMARTS) is 4. The molecule has 0 bridgehead atoms. The second-order valence-corrected chi connectivity index (χ2v) is 10.5. The molecule has 4 heterocycles. The molecule has 4 aromatic heterocycles. The Kier molecular flexibility index (Phi) is 30.4. The Bertz CT molecular complexity index is 2150. The third-order valence-corrected chi connectivity index (χ3v) is 7.17. The second kappa shape index (κ2) is 29.6. The first-order valence-electron chi connectivity index (χ1n) is 15.2. The van der Waals surface area contributed by atoms with E-state index in [1.807, 2.05) is 24.3 Å². The molecule has 22 nitrogen and oxygen atoms in total. The van der Waals surface area contributed by atoms with E-state index >= 15 is 0 Å². The molecule has 8 rings (SSSR count). The number of fused-ring (bicyclic) bond motifs is 4. The predicted octanol–water partition coefficient (Wildman–Crippen LogP) is -6.77. The Morgan fingerprint density at radius 2 is 0.541 bits per heavy atom. The SMILES string of the molecule is O.O.O.O.O.O.O=C([O-])c1nccnc1C(=O)[O-].O=C([O-])c1nccnc1C(=O)[O-].[Co+2].[OH3+].[OH3+].c1ccc2[nH+]c3ccccc3cc2c1.c1ccc2[nH+]c3ccccc3cc2c1. The van der Waals surface area contributed by atoms with Gasteiger partial charge in [-0.05, 0) is 36.4 Å². The number of carbonyl (C=O) groups excluding carboxylic acids is 4. The molecule has 0 aliphatic carbocycles. The largest absolute Gasteiger partial charge is 2.00 e. The zero-order chi connectivity index (χ0) is 37.0. The summed E-state index contributed by atoms with van der Waals surface area (Å²) in [7, 11) is 0. The summed E-state index contributed by atoms with van der Waals surface area (Å²) in [6, 6.07) is 37.7. The van der Waals surface area contributed by atoms with E-state index in [9.17, 15) is 39.6 Å². The number of nitrogens with zero attached hydrogens (tertiary/aromatic N) is 4. The number of nitrogens with one attached hydrogen (secondary N) is 2. The number of pyridine rings is 2. The molecule has 0 aliphatic heterocycles. The normalized spacial score (nSPS) is 8.66. The van der Waals surface area contributed by atoms with Crippen molar-refractivity contribution in [3.05, 3.63) is 157 Å². The minimum atomic E-state index is -1.69. The van der Waals surface area contributed by atoms with Crippen LogP contribution in [0.25, 0.3) is 43.6 Å². The van der Waals surface area contributed by atoms with Crippen LogP contribution in [0, 0.1) is 0 Å². The van der Waals surface area contributed by atoms with Gasteiger partial charge < -0.3 is 83.4 Å². The number of hydrogen-bond acceptors (Lipinski definition) is 12. The van der Waals surface area contributed by atoms with Crippen molar-refractivity contribution >= 4 is 67.5 Å². The van der Waals surface area contributed by atoms with Crippen LogP contribution in [0.15, 0.2) is 134 Å². The minimum Gasteiger partial charge on any atom is -0.543 e. The van der Waals surface area contributed by atoms with Gasteiger partial charge in [0.25, 0.3) is 0 Å². The molecule has 0 aliphatic rings. The molecule has 23 heteroatoms. The Hall–Kier alpha value is -7.55. The Balaban J connectivity index is -0.000000219. The summed E-state index contributed by atoms with van der Waals surface area (Å²) in [4.78, 5) is 60.7. The van der Waals surface area contributed by atoms with Crippen LogP contribution in [0.4, 0.5) is 0 Å². The third kappa shape index (κ3) is 16.3. The van der Waals surface area contributed by atoms with Gasteiger partial charge >= 0.3 is 16.8 Å². The quantitative estimate of drug-likeness (QED) is 0.118. The van der Waals surface area contributed by atoms with Crippen LogP contribution in [0.1, 0.15) is 42.0 Å². The molecular formula is C38H42CoN6O16+2. The number of carboxylic acids is 4. The van der Waals surface area contributed by atoms with Gasteiger partial charge in [-0.25, -0.2) is 9.97 Å². The van der Waals surface area contributed by atoms with Gasteiger partial charge in [-0.1, -0.05) is 48.5 Å². The van der Waals surface area contributed by atoms with E-state index in [4.69, 9.17) is 0 Å². The van der Waals surface area contributed by atoms with Crippen LogP contribution >= 0.6 is 0 Å². The number of para-hydroxylation sites is 4. The summed E-state index contributed by atoms with van der Waals surface area (Å²) in [6.45, 7) is 0. The maximum atomic E-state index is 10.2. The van der Waals surface area contributed by atoms with Crippen LogP contribution in [-0.4, -0.2) is 76.7 Å². The van der Waals surface area contributed by atoms with Crippen molar-refractivity contribution in [3.63, 3.8) is 0 Å². The maximum absolute atomic E-state index is 10.2. The number of carbonyl (C=O) groups is 4. The second-order valence-electron chi connectivity index (χ2n) is 10.5. The molecule has 0 unspecified atom stereocenters. The average molecular weight is 898 g/mol. The molecule has 0 spiro atoms. The van der Waals surface area contributed by atoms with E-state index in [0.717, 1.165) is 24.8 Å². The number of hydrogen-bond donors (Lipinski definition) is 0. The number of benzene rings is 4. The van der Waals surface area contributed by atoms with Crippen molar-refractivity contribution in [2.45, 2.75) is 0 Å². The summed E-state index contributed by atoms with van der Waals surface area (Å²) in [6.07, 6.45) is 4.21. The summed E-state index contributed by atoms with van der Waals surface area (Å²) >= 11 is 0. The van der Waals surface area contributed by atoms with Crippen LogP contribution in [0.5, 0.6) is 0 Å². The van der Waals surface area contributed by atoms with Gasteiger partial charge in [0.15, 0.2) is 0 Å². The zero-order valence-electron chi connectivity index (χ0n) is 31.2. The fourth-order valence-corrected chi connectivity index (χ4v) is 4.85. The van der Waals surface area contributed by atoms with Crippen molar-refractivity contribution in [1.29, 1.82) is 0 Å². The van der Waals surface area contributed by atoms with Gasteiger partial charge in [-0.2, -0.15) is 0 Å². The van der Waals surface area contributed by atoms with Gasteiger partial charge in [0.1, 0.15) is 22.8 Å². The molecular weight excluding hydrogens is 855 g/mol. The van der Waals surface area contributed by atoms with Gasteiger partial charge in [-0.3, -0.25) is 19.9 Å². The van der Waals surface area contributed by atoms with E-state index < -0.39 is 46.7 Å². The first-order valence-corrected chi connectivity index (χ1v) is 15.2. The van der Waals surface area contributed by atoms with Crippen LogP contribution in [-0.2, 0) is 27.7 Å². The van der Waals surface area contributed by atoms with Gasteiger partial charge in [-0.15, -0.1) is 0 Å². The van der Waals surface area contributed by atoms with E-state index in [-0.39, 0.29) is 60.6 Å². The Labute approximate surface area is 353 Å². The van der Waals surface area contributed by atoms with Crippen LogP contribution < -0.4 is 30.4 Å². The van der Waals surface area contributed by atoms with E-state index in [1.165, 1.54) is 43.6 Å². The number of aromatic amines is 2. The van der Waals surface area contributed by atoms with Gasteiger partial charge in [0.2, 0.25) is 22.1 Å². The van der Waals surface area contributed by atoms with E-state index in [1.54, 1.807) is 0 Å². The van der Waals surface area contributed by atoms with E-state index in [0.29, 0.717) is 0 Å².